The fourth-order valence-corrected chi connectivity index (χ4v) is 1.85. The van der Waals surface area contributed by atoms with Crippen LogP contribution in [0.4, 0.5) is 10.7 Å². The molecule has 3 rings (SSSR count). The minimum absolute atomic E-state index is 0.0816. The third kappa shape index (κ3) is 2.37. The van der Waals surface area contributed by atoms with Crippen LogP contribution < -0.4 is 15.6 Å². The summed E-state index contributed by atoms with van der Waals surface area (Å²) in [6.45, 7) is 0. The van der Waals surface area contributed by atoms with E-state index in [1.54, 1.807) is 25.2 Å². The van der Waals surface area contributed by atoms with Gasteiger partial charge in [-0.3, -0.25) is 19.7 Å². The van der Waals surface area contributed by atoms with Gasteiger partial charge in [0.05, 0.1) is 0 Å². The highest BCUT2D eigenvalue weighted by Crippen LogP contribution is 2.15. The topological polar surface area (TPSA) is 117 Å². The first kappa shape index (κ1) is 13.7. The molecule has 10 nitrogen and oxygen atoms in total. The molecule has 1 N–H and O–H groups in total. The molecule has 1 amide bonds. The van der Waals surface area contributed by atoms with Gasteiger partial charge in [0.1, 0.15) is 5.52 Å². The van der Waals surface area contributed by atoms with Crippen molar-refractivity contribution in [3.05, 3.63) is 34.7 Å². The van der Waals surface area contributed by atoms with Crippen molar-refractivity contribution in [3.63, 3.8) is 0 Å². The average Bonchev–Trinajstić information content (AvgIpc) is 2.90. The van der Waals surface area contributed by atoms with Gasteiger partial charge >= 0.3 is 6.09 Å². The number of pyridine rings is 2. The molecule has 0 unspecified atom stereocenters. The fourth-order valence-electron chi connectivity index (χ4n) is 1.85. The number of amides is 1. The molecule has 112 valence electrons. The summed E-state index contributed by atoms with van der Waals surface area (Å²) in [4.78, 5) is 28.0. The summed E-state index contributed by atoms with van der Waals surface area (Å²) in [5, 5.41) is 13.5. The van der Waals surface area contributed by atoms with Crippen LogP contribution in [-0.4, -0.2) is 35.9 Å². The van der Waals surface area contributed by atoms with Gasteiger partial charge in [-0.25, -0.2) is 9.48 Å². The second-order valence-corrected chi connectivity index (χ2v) is 4.43. The monoisotopic (exact) mass is 301 g/mol. The normalized spacial score (nSPS) is 10.6. The highest BCUT2D eigenvalue weighted by Gasteiger charge is 2.14. The minimum atomic E-state index is -0.809. The number of hydrogen-bond acceptors (Lipinski definition) is 7. The molecule has 22 heavy (non-hydrogen) atoms. The molecule has 0 saturated carbocycles. The highest BCUT2D eigenvalue weighted by molar-refractivity contribution is 5.85. The summed E-state index contributed by atoms with van der Waals surface area (Å²) in [7, 11) is 3.05. The SMILES string of the molecule is Cn1nnnc1NC(=O)Oc1cc2cccnc2c(=O)n1C. The Kier molecular flexibility index (Phi) is 3.26. The average molecular weight is 301 g/mol. The van der Waals surface area contributed by atoms with Crippen molar-refractivity contribution >= 4 is 22.9 Å². The Balaban J connectivity index is 1.91. The largest absolute Gasteiger partial charge is 0.420 e. The lowest BCUT2D eigenvalue weighted by Crippen LogP contribution is -2.25. The van der Waals surface area contributed by atoms with Crippen molar-refractivity contribution in [1.29, 1.82) is 0 Å². The molecule has 0 bridgehead atoms. The number of rotatable bonds is 2. The van der Waals surface area contributed by atoms with Gasteiger partial charge in [-0.1, -0.05) is 11.2 Å². The Bertz CT molecular complexity index is 914. The Morgan fingerprint density at radius 2 is 2.18 bits per heavy atom. The summed E-state index contributed by atoms with van der Waals surface area (Å²) in [5.41, 5.74) is -0.0588. The predicted molar refractivity (Wildman–Crippen MR) is 75.4 cm³/mol. The van der Waals surface area contributed by atoms with Gasteiger partial charge in [-0.15, -0.1) is 0 Å². The predicted octanol–water partition coefficient (Wildman–Crippen LogP) is 0.0679. The van der Waals surface area contributed by atoms with Crippen LogP contribution in [-0.2, 0) is 14.1 Å². The molecular weight excluding hydrogens is 290 g/mol. The summed E-state index contributed by atoms with van der Waals surface area (Å²) >= 11 is 0. The van der Waals surface area contributed by atoms with Crippen LogP contribution in [0.3, 0.4) is 0 Å². The molecule has 0 atom stereocenters. The maximum Gasteiger partial charge on any atom is 0.420 e. The van der Waals surface area contributed by atoms with Crippen molar-refractivity contribution in [2.45, 2.75) is 0 Å². The van der Waals surface area contributed by atoms with E-state index in [2.05, 4.69) is 25.8 Å². The van der Waals surface area contributed by atoms with Crippen LogP contribution in [0.5, 0.6) is 5.88 Å². The number of nitrogens with one attached hydrogen (secondary N) is 1. The van der Waals surface area contributed by atoms with Crippen LogP contribution in [0.15, 0.2) is 29.2 Å². The van der Waals surface area contributed by atoms with Gasteiger partial charge in [0.25, 0.3) is 11.5 Å². The van der Waals surface area contributed by atoms with Gasteiger partial charge in [0.2, 0.25) is 5.88 Å². The molecular formula is C12H11N7O3. The van der Waals surface area contributed by atoms with E-state index in [-0.39, 0.29) is 17.4 Å². The summed E-state index contributed by atoms with van der Waals surface area (Å²) in [5.74, 6) is 0.204. The van der Waals surface area contributed by atoms with E-state index in [0.29, 0.717) is 10.9 Å². The molecule has 3 aromatic rings. The molecule has 0 aliphatic carbocycles. The minimum Gasteiger partial charge on any atom is -0.393 e. The molecule has 3 aromatic heterocycles. The number of carbonyl (C=O) groups is 1. The first-order valence-electron chi connectivity index (χ1n) is 6.22. The fraction of sp³-hybridized carbons (Fsp3) is 0.167. The van der Waals surface area contributed by atoms with Crippen molar-refractivity contribution in [1.82, 2.24) is 29.8 Å². The third-order valence-corrected chi connectivity index (χ3v) is 2.99. The second kappa shape index (κ2) is 5.24. The molecule has 10 heteroatoms. The lowest BCUT2D eigenvalue weighted by molar-refractivity contribution is 0.211. The number of aryl methyl sites for hydroxylation is 1. The number of tetrazole rings is 1. The standard InChI is InChI=1S/C12H11N7O3/c1-18-8(6-7-4-3-5-13-9(7)10(18)20)22-12(21)14-11-15-16-17-19(11)2/h3-6H,1-2H3,(H,14,15,17,21). The number of nitrogens with zero attached hydrogens (tertiary/aromatic N) is 6. The van der Waals surface area contributed by atoms with Crippen molar-refractivity contribution < 1.29 is 9.53 Å². The number of anilines is 1. The Labute approximate surface area is 123 Å². The number of carbonyl (C=O) groups excluding carboxylic acids is 1. The smallest absolute Gasteiger partial charge is 0.393 e. The molecule has 0 saturated heterocycles. The van der Waals surface area contributed by atoms with Gasteiger partial charge in [-0.05, 0) is 16.5 Å². The number of hydrogen-bond donors (Lipinski definition) is 1. The Hall–Kier alpha value is -3.30. The summed E-state index contributed by atoms with van der Waals surface area (Å²) in [6.07, 6.45) is 0.717. The zero-order valence-electron chi connectivity index (χ0n) is 11.7. The van der Waals surface area contributed by atoms with E-state index in [0.717, 1.165) is 0 Å². The second-order valence-electron chi connectivity index (χ2n) is 4.43. The number of ether oxygens (including phenoxy) is 1. The number of aromatic nitrogens is 6. The van der Waals surface area contributed by atoms with E-state index < -0.39 is 6.09 Å². The van der Waals surface area contributed by atoms with Crippen LogP contribution in [0, 0.1) is 0 Å². The van der Waals surface area contributed by atoms with Gasteiger partial charge in [-0.2, -0.15) is 0 Å². The maximum atomic E-state index is 12.2. The zero-order chi connectivity index (χ0) is 15.7. The quantitative estimate of drug-likeness (QED) is 0.711. The van der Waals surface area contributed by atoms with E-state index in [1.807, 2.05) is 0 Å². The van der Waals surface area contributed by atoms with Crippen molar-refractivity contribution in [3.8, 4) is 5.88 Å². The van der Waals surface area contributed by atoms with Gasteiger partial charge < -0.3 is 4.74 Å². The maximum absolute atomic E-state index is 12.2. The molecule has 0 aliphatic rings. The molecule has 0 fully saturated rings. The lowest BCUT2D eigenvalue weighted by atomic mass is 10.2. The van der Waals surface area contributed by atoms with Crippen LogP contribution in [0.1, 0.15) is 0 Å². The zero-order valence-corrected chi connectivity index (χ0v) is 11.7. The first-order valence-corrected chi connectivity index (χ1v) is 6.22. The molecule has 0 aromatic carbocycles. The highest BCUT2D eigenvalue weighted by atomic mass is 16.6. The third-order valence-electron chi connectivity index (χ3n) is 2.99. The van der Waals surface area contributed by atoms with Crippen LogP contribution in [0.25, 0.3) is 10.9 Å². The first-order chi connectivity index (χ1) is 10.6. The molecule has 0 aliphatic heterocycles. The Morgan fingerprint density at radius 3 is 2.91 bits per heavy atom. The van der Waals surface area contributed by atoms with E-state index in [1.165, 1.54) is 22.5 Å². The summed E-state index contributed by atoms with van der Waals surface area (Å²) in [6, 6.07) is 4.95. The van der Waals surface area contributed by atoms with Crippen molar-refractivity contribution in [2.24, 2.45) is 14.1 Å². The molecule has 0 spiro atoms. The Morgan fingerprint density at radius 1 is 1.36 bits per heavy atom. The van der Waals surface area contributed by atoms with Gasteiger partial charge in [0.15, 0.2) is 0 Å². The molecule has 0 radical (unpaired) electrons. The summed E-state index contributed by atoms with van der Waals surface area (Å²) < 4.78 is 7.61. The van der Waals surface area contributed by atoms with Crippen LogP contribution in [0.2, 0.25) is 0 Å². The van der Waals surface area contributed by atoms with Gasteiger partial charge in [0, 0.05) is 31.7 Å². The van der Waals surface area contributed by atoms with Crippen LogP contribution >= 0.6 is 0 Å². The number of fused-ring (bicyclic) bond motifs is 1. The van der Waals surface area contributed by atoms with E-state index in [9.17, 15) is 9.59 Å². The lowest BCUT2D eigenvalue weighted by Gasteiger charge is -2.10. The van der Waals surface area contributed by atoms with E-state index in [4.69, 9.17) is 4.74 Å². The van der Waals surface area contributed by atoms with Crippen molar-refractivity contribution in [2.75, 3.05) is 5.32 Å². The molecule has 3 heterocycles. The van der Waals surface area contributed by atoms with E-state index >= 15 is 0 Å².